The van der Waals surface area contributed by atoms with Crippen LogP contribution in [-0.4, -0.2) is 10.7 Å². The summed E-state index contributed by atoms with van der Waals surface area (Å²) < 4.78 is 7.38. The SMILES string of the molecule is Clc1ccc(C2=NN3C(C2)c2cc(Cl)ccc2OC3c2ccc(Br)cc2)cc1. The molecule has 6 heteroatoms. The lowest BCUT2D eigenvalue weighted by molar-refractivity contribution is -0.0190. The minimum Gasteiger partial charge on any atom is -0.464 e. The van der Waals surface area contributed by atoms with Crippen molar-refractivity contribution in [3.8, 4) is 5.75 Å². The van der Waals surface area contributed by atoms with E-state index in [0.717, 1.165) is 39.0 Å². The van der Waals surface area contributed by atoms with Gasteiger partial charge in [-0.3, -0.25) is 0 Å². The molecule has 2 unspecified atom stereocenters. The molecule has 2 aliphatic heterocycles. The van der Waals surface area contributed by atoms with Gasteiger partial charge in [0.05, 0.1) is 11.8 Å². The van der Waals surface area contributed by atoms with Gasteiger partial charge in [-0.25, -0.2) is 5.01 Å². The predicted octanol–water partition coefficient (Wildman–Crippen LogP) is 7.00. The number of ether oxygens (including phenoxy) is 1. The lowest BCUT2D eigenvalue weighted by Crippen LogP contribution is -2.33. The quantitative estimate of drug-likeness (QED) is 0.400. The van der Waals surface area contributed by atoms with Crippen LogP contribution < -0.4 is 4.74 Å². The molecule has 2 heterocycles. The van der Waals surface area contributed by atoms with Gasteiger partial charge >= 0.3 is 0 Å². The third-order valence-corrected chi connectivity index (χ3v) is 6.10. The summed E-state index contributed by atoms with van der Waals surface area (Å²) in [6.45, 7) is 0. The minimum absolute atomic E-state index is 0.0711. The van der Waals surface area contributed by atoms with Gasteiger partial charge in [-0.15, -0.1) is 0 Å². The molecule has 5 rings (SSSR count). The number of fused-ring (bicyclic) bond motifs is 3. The first-order valence-corrected chi connectivity index (χ1v) is 10.5. The van der Waals surface area contributed by atoms with E-state index in [1.807, 2.05) is 59.6 Å². The fourth-order valence-electron chi connectivity index (χ4n) is 3.72. The lowest BCUT2D eigenvalue weighted by Gasteiger charge is -2.38. The monoisotopic (exact) mass is 472 g/mol. The molecule has 0 radical (unpaired) electrons. The molecule has 0 fully saturated rings. The molecule has 140 valence electrons. The zero-order valence-corrected chi connectivity index (χ0v) is 17.7. The molecule has 3 aromatic rings. The summed E-state index contributed by atoms with van der Waals surface area (Å²) in [4.78, 5) is 0. The van der Waals surface area contributed by atoms with Crippen LogP contribution in [0, 0.1) is 0 Å². The van der Waals surface area contributed by atoms with Gasteiger partial charge in [-0.2, -0.15) is 5.10 Å². The van der Waals surface area contributed by atoms with Gasteiger partial charge in [0.15, 0.2) is 0 Å². The third kappa shape index (κ3) is 3.20. The standard InChI is InChI=1S/C22H15BrCl2N2O/c23-15-5-1-14(2-6-15)22-27-20(18-11-17(25)9-10-21(18)28-22)12-19(26-27)13-3-7-16(24)8-4-13/h1-11,20,22H,12H2. The van der Waals surface area contributed by atoms with Crippen LogP contribution in [0.3, 0.4) is 0 Å². The molecule has 0 aromatic heterocycles. The molecule has 2 atom stereocenters. The lowest BCUT2D eigenvalue weighted by atomic mass is 9.96. The largest absolute Gasteiger partial charge is 0.464 e. The van der Waals surface area contributed by atoms with E-state index in [-0.39, 0.29) is 12.3 Å². The summed E-state index contributed by atoms with van der Waals surface area (Å²) in [6, 6.07) is 21.8. The molecule has 2 aliphatic rings. The zero-order valence-electron chi connectivity index (χ0n) is 14.6. The predicted molar refractivity (Wildman–Crippen MR) is 116 cm³/mol. The molecule has 3 aromatic carbocycles. The Hall–Kier alpha value is -2.01. The van der Waals surface area contributed by atoms with Gasteiger partial charge in [-0.1, -0.05) is 63.4 Å². The number of nitrogens with zero attached hydrogens (tertiary/aromatic N) is 2. The van der Waals surface area contributed by atoms with E-state index >= 15 is 0 Å². The fourth-order valence-corrected chi connectivity index (χ4v) is 4.29. The molecular formula is C22H15BrCl2N2O. The summed E-state index contributed by atoms with van der Waals surface area (Å²) in [7, 11) is 0. The van der Waals surface area contributed by atoms with Crippen molar-refractivity contribution in [1.29, 1.82) is 0 Å². The Morgan fingerprint density at radius 1 is 0.929 bits per heavy atom. The van der Waals surface area contributed by atoms with Crippen molar-refractivity contribution in [3.63, 3.8) is 0 Å². The van der Waals surface area contributed by atoms with Crippen LogP contribution in [0.25, 0.3) is 0 Å². The molecule has 0 N–H and O–H groups in total. The molecule has 0 spiro atoms. The van der Waals surface area contributed by atoms with Gasteiger partial charge in [0.1, 0.15) is 5.75 Å². The van der Waals surface area contributed by atoms with Crippen LogP contribution in [0.5, 0.6) is 5.75 Å². The molecule has 0 aliphatic carbocycles. The second-order valence-corrected chi connectivity index (χ2v) is 8.65. The van der Waals surface area contributed by atoms with Crippen molar-refractivity contribution < 1.29 is 4.74 Å². The van der Waals surface area contributed by atoms with Crippen LogP contribution >= 0.6 is 39.1 Å². The van der Waals surface area contributed by atoms with E-state index in [9.17, 15) is 0 Å². The van der Waals surface area contributed by atoms with Crippen LogP contribution in [-0.2, 0) is 0 Å². The normalized spacial score (nSPS) is 20.2. The Morgan fingerprint density at radius 3 is 2.39 bits per heavy atom. The van der Waals surface area contributed by atoms with Crippen molar-refractivity contribution in [2.75, 3.05) is 0 Å². The molecule has 0 amide bonds. The van der Waals surface area contributed by atoms with Gasteiger partial charge in [-0.05, 0) is 48.0 Å². The molecule has 3 nitrogen and oxygen atoms in total. The zero-order chi connectivity index (χ0) is 19.3. The number of halogens is 3. The Bertz CT molecular complexity index is 1070. The molecule has 0 saturated heterocycles. The maximum Gasteiger partial charge on any atom is 0.213 e. The number of rotatable bonds is 2. The second kappa shape index (κ2) is 7.11. The van der Waals surface area contributed by atoms with Gasteiger partial charge < -0.3 is 4.74 Å². The summed E-state index contributed by atoms with van der Waals surface area (Å²) in [5.41, 5.74) is 4.20. The first-order chi connectivity index (χ1) is 13.6. The van der Waals surface area contributed by atoms with E-state index in [0.29, 0.717) is 10.0 Å². The average molecular weight is 474 g/mol. The van der Waals surface area contributed by atoms with Crippen LogP contribution in [0.1, 0.15) is 35.4 Å². The van der Waals surface area contributed by atoms with Crippen molar-refractivity contribution >= 4 is 44.8 Å². The summed E-state index contributed by atoms with van der Waals surface area (Å²) in [6.07, 6.45) is 0.488. The highest BCUT2D eigenvalue weighted by molar-refractivity contribution is 9.10. The van der Waals surface area contributed by atoms with Crippen molar-refractivity contribution in [1.82, 2.24) is 5.01 Å². The van der Waals surface area contributed by atoms with E-state index < -0.39 is 0 Å². The van der Waals surface area contributed by atoms with Gasteiger partial charge in [0, 0.05) is 32.1 Å². The first-order valence-electron chi connectivity index (χ1n) is 8.92. The smallest absolute Gasteiger partial charge is 0.213 e. The van der Waals surface area contributed by atoms with Crippen molar-refractivity contribution in [3.05, 3.63) is 97.9 Å². The van der Waals surface area contributed by atoms with E-state index in [1.165, 1.54) is 0 Å². The van der Waals surface area contributed by atoms with E-state index in [1.54, 1.807) is 0 Å². The molecule has 28 heavy (non-hydrogen) atoms. The highest BCUT2D eigenvalue weighted by atomic mass is 79.9. The summed E-state index contributed by atoms with van der Waals surface area (Å²) in [5, 5.41) is 8.41. The maximum absolute atomic E-state index is 6.35. The van der Waals surface area contributed by atoms with Crippen molar-refractivity contribution in [2.45, 2.75) is 18.7 Å². The average Bonchev–Trinajstić information content (AvgIpc) is 3.14. The molecule has 0 saturated carbocycles. The van der Waals surface area contributed by atoms with Crippen LogP contribution in [0.4, 0.5) is 0 Å². The Kier molecular flexibility index (Phi) is 4.58. The third-order valence-electron chi connectivity index (χ3n) is 5.08. The minimum atomic E-state index is -0.295. The maximum atomic E-state index is 6.35. The van der Waals surface area contributed by atoms with E-state index in [4.69, 9.17) is 33.0 Å². The van der Waals surface area contributed by atoms with Crippen LogP contribution in [0.2, 0.25) is 10.0 Å². The van der Waals surface area contributed by atoms with E-state index in [2.05, 4.69) is 28.1 Å². The highest BCUT2D eigenvalue weighted by Gasteiger charge is 2.41. The fraction of sp³-hybridized carbons (Fsp3) is 0.136. The highest BCUT2D eigenvalue weighted by Crippen LogP contribution is 2.48. The van der Waals surface area contributed by atoms with Crippen LogP contribution in [0.15, 0.2) is 76.3 Å². The number of benzene rings is 3. The Labute approximate surface area is 181 Å². The summed E-state index contributed by atoms with van der Waals surface area (Å²) >= 11 is 15.8. The topological polar surface area (TPSA) is 24.8 Å². The molecular weight excluding hydrogens is 459 g/mol. The van der Waals surface area contributed by atoms with Gasteiger partial charge in [0.25, 0.3) is 0 Å². The van der Waals surface area contributed by atoms with Gasteiger partial charge in [0.2, 0.25) is 6.23 Å². The Balaban J connectivity index is 1.59. The first kappa shape index (κ1) is 18.0. The van der Waals surface area contributed by atoms with Crippen molar-refractivity contribution in [2.24, 2.45) is 5.10 Å². The second-order valence-electron chi connectivity index (χ2n) is 6.86. The number of hydrazone groups is 1. The number of hydrogen-bond donors (Lipinski definition) is 0. The number of hydrogen-bond acceptors (Lipinski definition) is 3. The molecule has 0 bridgehead atoms. The summed E-state index contributed by atoms with van der Waals surface area (Å²) in [5.74, 6) is 0.853. The Morgan fingerprint density at radius 2 is 1.64 bits per heavy atom.